The van der Waals surface area contributed by atoms with Crippen LogP contribution in [0.15, 0.2) is 84.3 Å². The first-order valence-electron chi connectivity index (χ1n) is 7.88. The number of ether oxygens (including phenoxy) is 1. The molecule has 0 aromatic heterocycles. The molecule has 115 valence electrons. The molecule has 0 aliphatic heterocycles. The molecule has 3 rings (SSSR count). The average molecular weight is 317 g/mol. The first-order chi connectivity index (χ1) is 11.2. The summed E-state index contributed by atoms with van der Waals surface area (Å²) in [5.41, 5.74) is 2.67. The molecule has 2 aromatic carbocycles. The number of para-hydroxylation sites is 1. The zero-order chi connectivity index (χ0) is 16.2. The summed E-state index contributed by atoms with van der Waals surface area (Å²) in [6.45, 7) is 8.62. The lowest BCUT2D eigenvalue weighted by Crippen LogP contribution is -2.17. The van der Waals surface area contributed by atoms with E-state index in [-0.39, 0.29) is 0 Å². The fraction of sp³-hybridized carbons (Fsp3) is 0.143. The predicted octanol–water partition coefficient (Wildman–Crippen LogP) is 5.61. The summed E-state index contributed by atoms with van der Waals surface area (Å²) in [5, 5.41) is 1.37. The van der Waals surface area contributed by atoms with Gasteiger partial charge in [0.1, 0.15) is 11.5 Å². The second-order valence-corrected chi connectivity index (χ2v) is 8.40. The summed E-state index contributed by atoms with van der Waals surface area (Å²) in [5.74, 6) is 2.06. The van der Waals surface area contributed by atoms with Crippen molar-refractivity contribution in [2.75, 3.05) is 0 Å². The van der Waals surface area contributed by atoms with Crippen molar-refractivity contribution < 1.29 is 4.74 Å². The van der Waals surface area contributed by atoms with Crippen molar-refractivity contribution in [1.29, 1.82) is 0 Å². The summed E-state index contributed by atoms with van der Waals surface area (Å²) >= 11 is 0. The van der Waals surface area contributed by atoms with Gasteiger partial charge in [-0.15, -0.1) is 0 Å². The van der Waals surface area contributed by atoms with Gasteiger partial charge in [-0.25, -0.2) is 0 Å². The Labute approximate surface area is 140 Å². The molecule has 0 amide bonds. The third-order valence-electron chi connectivity index (χ3n) is 4.07. The molecular weight excluding hydrogens is 296 g/mol. The zero-order valence-electron chi connectivity index (χ0n) is 13.6. The van der Waals surface area contributed by atoms with Gasteiger partial charge in [-0.1, -0.05) is 74.3 Å². The van der Waals surface area contributed by atoms with Crippen LogP contribution in [0.2, 0.25) is 13.1 Å². The topological polar surface area (TPSA) is 9.23 Å². The maximum atomic E-state index is 6.17. The molecule has 0 spiro atoms. The molecule has 1 unspecified atom stereocenters. The van der Waals surface area contributed by atoms with Gasteiger partial charge in [0.2, 0.25) is 0 Å². The Balaban J connectivity index is 2.03. The molecule has 0 N–H and O–H groups in total. The van der Waals surface area contributed by atoms with Crippen LogP contribution in [-0.4, -0.2) is 8.80 Å². The second kappa shape index (κ2) is 6.84. The van der Waals surface area contributed by atoms with Crippen molar-refractivity contribution in [2.45, 2.75) is 19.0 Å². The van der Waals surface area contributed by atoms with Crippen LogP contribution in [0.25, 0.3) is 6.08 Å². The van der Waals surface area contributed by atoms with E-state index in [2.05, 4.69) is 56.1 Å². The molecular formula is C21H21OSi. The molecule has 1 radical (unpaired) electrons. The van der Waals surface area contributed by atoms with Crippen LogP contribution >= 0.6 is 0 Å². The van der Waals surface area contributed by atoms with Crippen molar-refractivity contribution in [3.8, 4) is 5.75 Å². The summed E-state index contributed by atoms with van der Waals surface area (Å²) < 4.78 is 6.17. The van der Waals surface area contributed by atoms with E-state index >= 15 is 0 Å². The molecule has 2 heteroatoms. The van der Waals surface area contributed by atoms with Gasteiger partial charge >= 0.3 is 0 Å². The fourth-order valence-corrected chi connectivity index (χ4v) is 4.55. The Morgan fingerprint density at radius 2 is 1.74 bits per heavy atom. The van der Waals surface area contributed by atoms with Crippen LogP contribution in [0.1, 0.15) is 17.0 Å². The van der Waals surface area contributed by atoms with E-state index < -0.39 is 8.80 Å². The molecule has 1 atom stereocenters. The van der Waals surface area contributed by atoms with Gasteiger partial charge in [0, 0.05) is 5.92 Å². The lowest BCUT2D eigenvalue weighted by Gasteiger charge is -2.22. The number of allylic oxidation sites excluding steroid dienone is 3. The fourth-order valence-electron chi connectivity index (χ4n) is 3.03. The molecule has 1 nitrogen and oxygen atoms in total. The monoisotopic (exact) mass is 317 g/mol. The van der Waals surface area contributed by atoms with Crippen LogP contribution in [0, 0.1) is 0 Å². The highest BCUT2D eigenvalue weighted by molar-refractivity contribution is 6.64. The maximum Gasteiger partial charge on any atom is 0.127 e. The highest BCUT2D eigenvalue weighted by Gasteiger charge is 2.26. The van der Waals surface area contributed by atoms with Crippen molar-refractivity contribution in [2.24, 2.45) is 0 Å². The second-order valence-electron chi connectivity index (χ2n) is 5.86. The summed E-state index contributed by atoms with van der Waals surface area (Å²) in [4.78, 5) is 0. The average Bonchev–Trinajstić information content (AvgIpc) is 2.99. The Kier molecular flexibility index (Phi) is 4.63. The lowest BCUT2D eigenvalue weighted by atomic mass is 9.99. The van der Waals surface area contributed by atoms with Crippen LogP contribution in [0.5, 0.6) is 5.75 Å². The largest absolute Gasteiger partial charge is 0.458 e. The van der Waals surface area contributed by atoms with E-state index in [0.717, 1.165) is 11.5 Å². The van der Waals surface area contributed by atoms with Gasteiger partial charge in [-0.05, 0) is 34.5 Å². The van der Waals surface area contributed by atoms with Gasteiger partial charge in [0.05, 0.1) is 8.80 Å². The van der Waals surface area contributed by atoms with Crippen molar-refractivity contribution in [3.63, 3.8) is 0 Å². The molecule has 1 aliphatic carbocycles. The summed E-state index contributed by atoms with van der Waals surface area (Å²) in [7, 11) is -0.695. The van der Waals surface area contributed by atoms with Gasteiger partial charge in [0.15, 0.2) is 0 Å². The van der Waals surface area contributed by atoms with Crippen LogP contribution in [-0.2, 0) is 0 Å². The van der Waals surface area contributed by atoms with Gasteiger partial charge < -0.3 is 4.74 Å². The predicted molar refractivity (Wildman–Crippen MR) is 100.0 cm³/mol. The first-order valence-corrected chi connectivity index (χ1v) is 10.4. The number of rotatable bonds is 5. The minimum atomic E-state index is -0.695. The van der Waals surface area contributed by atoms with Gasteiger partial charge in [-0.3, -0.25) is 0 Å². The van der Waals surface area contributed by atoms with Crippen LogP contribution in [0.3, 0.4) is 0 Å². The van der Waals surface area contributed by atoms with Crippen LogP contribution < -0.4 is 4.74 Å². The SMILES string of the molecule is C=CC(Oc1ccccc1)=C(C1C=Cc2ccccc21)[Si](C)C. The van der Waals surface area contributed by atoms with Crippen molar-refractivity contribution in [1.82, 2.24) is 0 Å². The molecule has 2 aromatic rings. The highest BCUT2D eigenvalue weighted by atomic mass is 28.3. The molecule has 0 saturated heterocycles. The minimum Gasteiger partial charge on any atom is -0.458 e. The Hall–Kier alpha value is -2.32. The third-order valence-corrected chi connectivity index (χ3v) is 5.71. The van der Waals surface area contributed by atoms with E-state index in [1.807, 2.05) is 36.4 Å². The smallest absolute Gasteiger partial charge is 0.127 e. The van der Waals surface area contributed by atoms with E-state index in [1.165, 1.54) is 16.3 Å². The third kappa shape index (κ3) is 3.22. The maximum absolute atomic E-state index is 6.17. The van der Waals surface area contributed by atoms with E-state index in [9.17, 15) is 0 Å². The molecule has 0 saturated carbocycles. The normalized spacial score (nSPS) is 16.9. The summed E-state index contributed by atoms with van der Waals surface area (Å²) in [6, 6.07) is 18.5. The zero-order valence-corrected chi connectivity index (χ0v) is 14.6. The first kappa shape index (κ1) is 15.6. The van der Waals surface area contributed by atoms with E-state index in [4.69, 9.17) is 4.74 Å². The van der Waals surface area contributed by atoms with Gasteiger partial charge in [-0.2, -0.15) is 0 Å². The number of benzene rings is 2. The van der Waals surface area contributed by atoms with Crippen molar-refractivity contribution in [3.05, 3.63) is 95.4 Å². The Morgan fingerprint density at radius 3 is 2.43 bits per heavy atom. The molecule has 1 aliphatic rings. The standard InChI is InChI=1S/C21H21OSi/c1-4-20(22-17-11-6-5-7-12-17)21(23(2)3)19-15-14-16-10-8-9-13-18(16)19/h4-15,19H,1H2,2-3H3. The summed E-state index contributed by atoms with van der Waals surface area (Å²) in [6.07, 6.45) is 6.36. The van der Waals surface area contributed by atoms with Gasteiger partial charge in [0.25, 0.3) is 0 Å². The number of hydrogen-bond acceptors (Lipinski definition) is 1. The molecule has 23 heavy (non-hydrogen) atoms. The molecule has 0 bridgehead atoms. The minimum absolute atomic E-state index is 0.298. The van der Waals surface area contributed by atoms with E-state index in [0.29, 0.717) is 5.92 Å². The molecule has 0 fully saturated rings. The molecule has 0 heterocycles. The quantitative estimate of drug-likeness (QED) is 0.396. The van der Waals surface area contributed by atoms with Crippen molar-refractivity contribution >= 4 is 14.9 Å². The lowest BCUT2D eigenvalue weighted by molar-refractivity contribution is 0.439. The number of fused-ring (bicyclic) bond motifs is 1. The van der Waals surface area contributed by atoms with Crippen LogP contribution in [0.4, 0.5) is 0 Å². The Bertz CT molecular complexity index is 756. The Morgan fingerprint density at radius 1 is 1.04 bits per heavy atom. The van der Waals surface area contributed by atoms with E-state index in [1.54, 1.807) is 0 Å². The number of hydrogen-bond donors (Lipinski definition) is 0. The highest BCUT2D eigenvalue weighted by Crippen LogP contribution is 2.38.